The van der Waals surface area contributed by atoms with Gasteiger partial charge in [0.05, 0.1) is 71.1 Å². The van der Waals surface area contributed by atoms with Crippen LogP contribution in [0, 0.1) is 22.2 Å². The Morgan fingerprint density at radius 3 is 1.75 bits per heavy atom. The Bertz CT molecular complexity index is 2860. The predicted molar refractivity (Wildman–Crippen MR) is 240 cm³/mol. The van der Waals surface area contributed by atoms with E-state index in [-0.39, 0.29) is 28.6 Å². The first kappa shape index (κ1) is 43.2. The number of piperidine rings is 2. The molecule has 0 unspecified atom stereocenters. The Morgan fingerprint density at radius 2 is 1.31 bits per heavy atom. The second-order valence-electron chi connectivity index (χ2n) is 17.5. The number of hydrogen-bond acceptors (Lipinski definition) is 15. The molecule has 21 heteroatoms. The molecule has 0 aliphatic carbocycles. The molecule has 7 aromatic heterocycles. The maximum atomic E-state index is 12.3. The van der Waals surface area contributed by atoms with Crippen molar-refractivity contribution in [1.29, 1.82) is 5.26 Å². The molecule has 0 aromatic carbocycles. The first-order valence-corrected chi connectivity index (χ1v) is 21.3. The van der Waals surface area contributed by atoms with Gasteiger partial charge in [-0.3, -0.25) is 19.0 Å². The summed E-state index contributed by atoms with van der Waals surface area (Å²) in [7, 11) is 0. The van der Waals surface area contributed by atoms with E-state index < -0.39 is 11.8 Å². The van der Waals surface area contributed by atoms with E-state index in [1.54, 1.807) is 27.5 Å². The fourth-order valence-corrected chi connectivity index (χ4v) is 8.30. The van der Waals surface area contributed by atoms with Crippen molar-refractivity contribution >= 4 is 40.3 Å². The highest BCUT2D eigenvalue weighted by molar-refractivity contribution is 6.02. The molecule has 2 atom stereocenters. The Hall–Kier alpha value is -7.47. The van der Waals surface area contributed by atoms with E-state index in [9.17, 15) is 9.59 Å². The molecule has 21 nitrogen and oxygen atoms in total. The van der Waals surface area contributed by atoms with E-state index in [1.165, 1.54) is 12.4 Å². The number of primary amides is 2. The molecule has 7 N–H and O–H groups in total. The van der Waals surface area contributed by atoms with Crippen LogP contribution >= 0.6 is 0 Å². The van der Waals surface area contributed by atoms with Crippen molar-refractivity contribution < 1.29 is 9.59 Å². The number of nitrogens with one attached hydrogen (secondary N) is 3. The summed E-state index contributed by atoms with van der Waals surface area (Å²) >= 11 is 0. The van der Waals surface area contributed by atoms with E-state index in [1.807, 2.05) is 60.1 Å². The molecule has 9 rings (SSSR count). The lowest BCUT2D eigenvalue weighted by Gasteiger charge is -2.45. The van der Waals surface area contributed by atoms with Crippen LogP contribution < -0.4 is 32.3 Å². The normalized spacial score (nSPS) is 18.0. The van der Waals surface area contributed by atoms with Gasteiger partial charge in [0.25, 0.3) is 11.8 Å². The van der Waals surface area contributed by atoms with Crippen molar-refractivity contribution in [3.63, 3.8) is 0 Å². The van der Waals surface area contributed by atoms with Gasteiger partial charge in [0.1, 0.15) is 6.07 Å². The molecule has 332 valence electrons. The summed E-state index contributed by atoms with van der Waals surface area (Å²) in [6.07, 6.45) is 15.8. The first-order valence-electron chi connectivity index (χ1n) is 21.3. The van der Waals surface area contributed by atoms with Crippen molar-refractivity contribution in [2.75, 3.05) is 41.7 Å². The number of aromatic nitrogens is 12. The molecule has 0 saturated carbocycles. The average Bonchev–Trinajstić information content (AvgIpc) is 4.11. The number of amides is 2. The topological polar surface area (TPSA) is 271 Å². The number of hydrogen-bond donors (Lipinski definition) is 5. The molecule has 2 aliphatic heterocycles. The zero-order chi connectivity index (χ0) is 45.3. The van der Waals surface area contributed by atoms with Crippen LogP contribution in [-0.4, -0.2) is 109 Å². The highest BCUT2D eigenvalue weighted by Gasteiger charge is 2.38. The van der Waals surface area contributed by atoms with Gasteiger partial charge in [-0.2, -0.15) is 25.7 Å². The van der Waals surface area contributed by atoms with Gasteiger partial charge in [-0.25, -0.2) is 19.0 Å². The third-order valence-corrected chi connectivity index (χ3v) is 12.1. The number of nitrogens with two attached hydrogens (primary N) is 2. The second-order valence-corrected chi connectivity index (χ2v) is 17.5. The van der Waals surface area contributed by atoms with Gasteiger partial charge in [-0.05, 0) is 50.8 Å². The molecule has 0 spiro atoms. The smallest absolute Gasteiger partial charge is 0.252 e. The minimum Gasteiger partial charge on any atom is -0.378 e. The number of anilines is 3. The zero-order valence-corrected chi connectivity index (χ0v) is 36.8. The third kappa shape index (κ3) is 8.63. The van der Waals surface area contributed by atoms with Crippen molar-refractivity contribution in [3.8, 4) is 28.6 Å². The summed E-state index contributed by atoms with van der Waals surface area (Å²) in [6, 6.07) is 5.69. The summed E-state index contributed by atoms with van der Waals surface area (Å²) in [6.45, 7) is 17.6. The SMILES string of the molecule is CCn1cc(-c2cn3ncc(C(N)=O)c(N[C@@H]4CCN(c5ccc(C#N)nn5)CC4(C)C)c3n2)cn1.CCn1cc(-c2cn3ncc(C(N)=O)c(N[C@@H]4CCNCC4(C)C)c3n2)cn1. The molecule has 2 saturated heterocycles. The number of aryl methyl sites for hydroxylation is 2. The zero-order valence-electron chi connectivity index (χ0n) is 36.8. The molecular formula is C43H53N19O2. The number of carbonyl (C=O) groups is 2. The largest absolute Gasteiger partial charge is 0.378 e. The van der Waals surface area contributed by atoms with E-state index in [2.05, 4.69) is 79.1 Å². The molecule has 0 radical (unpaired) electrons. The molecule has 2 fully saturated rings. The number of imidazole rings is 2. The molecule has 2 aliphatic rings. The Labute approximate surface area is 369 Å². The van der Waals surface area contributed by atoms with E-state index in [0.717, 1.165) is 68.2 Å². The fourth-order valence-electron chi connectivity index (χ4n) is 8.30. The van der Waals surface area contributed by atoms with Crippen LogP contribution in [0.15, 0.2) is 61.7 Å². The second kappa shape index (κ2) is 17.4. The molecular weight excluding hydrogens is 815 g/mol. The van der Waals surface area contributed by atoms with Gasteiger partial charge in [0.2, 0.25) is 0 Å². The summed E-state index contributed by atoms with van der Waals surface area (Å²) in [5.74, 6) is -0.360. The quantitative estimate of drug-likeness (QED) is 0.124. The standard InChI is InChI=1S/C24H27N11O.C19H26N8O/c1-4-34-12-15(10-27-34)18-13-35-23(29-18)21(17(11-28-35)22(26)36)30-19-7-8-33(14-24(19,2)3)20-6-5-16(9-25)31-32-20;1-4-26-9-12(7-22-26)14-10-27-18(24-14)16(13(8-23-27)17(20)28)25-15-5-6-21-11-19(15,2)3/h5-6,10-13,19,30H,4,7-8,14H2,1-3H3,(H2,26,36);7-10,15,21,25H,4-6,11H2,1-3H3,(H2,20,28)/t19-;15-/m11/s1. The average molecular weight is 868 g/mol. The van der Waals surface area contributed by atoms with Crippen molar-refractivity contribution in [1.82, 2.24) is 64.3 Å². The van der Waals surface area contributed by atoms with Gasteiger partial charge in [0.15, 0.2) is 22.8 Å². The molecule has 0 bridgehead atoms. The number of carbonyl (C=O) groups excluding carboxylic acids is 2. The Kier molecular flexibility index (Phi) is 11.7. The summed E-state index contributed by atoms with van der Waals surface area (Å²) in [5.41, 5.74) is 17.7. The van der Waals surface area contributed by atoms with Gasteiger partial charge >= 0.3 is 0 Å². The Morgan fingerprint density at radius 1 is 0.766 bits per heavy atom. The van der Waals surface area contributed by atoms with Crippen LogP contribution in [0.4, 0.5) is 17.2 Å². The summed E-state index contributed by atoms with van der Waals surface area (Å²) in [4.78, 5) is 36.1. The van der Waals surface area contributed by atoms with Crippen molar-refractivity contribution in [2.24, 2.45) is 22.3 Å². The molecule has 9 heterocycles. The highest BCUT2D eigenvalue weighted by atomic mass is 16.1. The van der Waals surface area contributed by atoms with Crippen LogP contribution in [0.25, 0.3) is 33.8 Å². The van der Waals surface area contributed by atoms with Gasteiger partial charge in [-0.15, -0.1) is 10.2 Å². The van der Waals surface area contributed by atoms with Crippen LogP contribution in [0.5, 0.6) is 0 Å². The van der Waals surface area contributed by atoms with Crippen LogP contribution in [-0.2, 0) is 13.1 Å². The first-order chi connectivity index (χ1) is 30.7. The molecule has 2 amide bonds. The number of nitriles is 1. The van der Waals surface area contributed by atoms with Gasteiger partial charge in [-0.1, -0.05) is 27.7 Å². The monoisotopic (exact) mass is 867 g/mol. The molecule has 64 heavy (non-hydrogen) atoms. The lowest BCUT2D eigenvalue weighted by atomic mass is 9.79. The summed E-state index contributed by atoms with van der Waals surface area (Å²) in [5, 5.41) is 45.1. The van der Waals surface area contributed by atoms with Gasteiger partial charge in [0, 0.05) is 73.7 Å². The van der Waals surface area contributed by atoms with Gasteiger partial charge < -0.3 is 32.3 Å². The lowest BCUT2D eigenvalue weighted by molar-refractivity contribution is 0.0992. The Balaban J connectivity index is 0.000000181. The molecule has 7 aromatic rings. The maximum Gasteiger partial charge on any atom is 0.252 e. The van der Waals surface area contributed by atoms with Crippen molar-refractivity contribution in [2.45, 2.75) is 79.6 Å². The predicted octanol–water partition coefficient (Wildman–Crippen LogP) is 3.60. The summed E-state index contributed by atoms with van der Waals surface area (Å²) < 4.78 is 7.01. The van der Waals surface area contributed by atoms with Crippen LogP contribution in [0.2, 0.25) is 0 Å². The highest BCUT2D eigenvalue weighted by Crippen LogP contribution is 2.36. The lowest BCUT2D eigenvalue weighted by Crippen LogP contribution is -2.52. The minimum atomic E-state index is -0.570. The maximum absolute atomic E-state index is 12.3. The number of fused-ring (bicyclic) bond motifs is 2. The third-order valence-electron chi connectivity index (χ3n) is 12.1. The van der Waals surface area contributed by atoms with Crippen LogP contribution in [0.1, 0.15) is 80.8 Å². The fraction of sp³-hybridized carbons (Fsp3) is 0.419. The van der Waals surface area contributed by atoms with E-state index >= 15 is 0 Å². The van der Waals surface area contributed by atoms with E-state index in [0.29, 0.717) is 46.0 Å². The van der Waals surface area contributed by atoms with Crippen LogP contribution in [0.3, 0.4) is 0 Å². The minimum absolute atomic E-state index is 0.0190. The van der Waals surface area contributed by atoms with Crippen molar-refractivity contribution in [3.05, 3.63) is 78.5 Å². The number of nitrogens with zero attached hydrogens (tertiary/aromatic N) is 14. The van der Waals surface area contributed by atoms with E-state index in [4.69, 9.17) is 26.7 Å². The number of rotatable bonds is 11.